The minimum Gasteiger partial charge on any atom is -0.481 e. The van der Waals surface area contributed by atoms with Crippen molar-refractivity contribution < 1.29 is 9.90 Å². The Morgan fingerprint density at radius 2 is 1.75 bits per heavy atom. The predicted molar refractivity (Wildman–Crippen MR) is 163 cm³/mol. The van der Waals surface area contributed by atoms with Crippen LogP contribution in [0, 0.1) is 25.2 Å². The van der Waals surface area contributed by atoms with Crippen LogP contribution in [0.4, 0.5) is 5.69 Å². The van der Waals surface area contributed by atoms with E-state index in [2.05, 4.69) is 83.7 Å². The maximum atomic E-state index is 11.5. The molecule has 3 aromatic rings. The summed E-state index contributed by atoms with van der Waals surface area (Å²) in [6.45, 7) is 15.5. The van der Waals surface area contributed by atoms with Gasteiger partial charge in [-0.1, -0.05) is 99.6 Å². The number of para-hydroxylation sites is 1. The number of anilines is 1. The molecule has 4 rings (SSSR count). The van der Waals surface area contributed by atoms with Crippen LogP contribution in [-0.2, 0) is 22.0 Å². The minimum absolute atomic E-state index is 0.00183. The molecule has 4 nitrogen and oxygen atoms in total. The van der Waals surface area contributed by atoms with Gasteiger partial charge in [0.15, 0.2) is 0 Å². The summed E-state index contributed by atoms with van der Waals surface area (Å²) in [5, 5.41) is 19.8. The molecule has 0 amide bonds. The number of fused-ring (bicyclic) bond motifs is 1. The van der Waals surface area contributed by atoms with Crippen molar-refractivity contribution in [3.05, 3.63) is 136 Å². The van der Waals surface area contributed by atoms with Crippen molar-refractivity contribution in [1.82, 2.24) is 0 Å². The highest BCUT2D eigenvalue weighted by molar-refractivity contribution is 5.74. The van der Waals surface area contributed by atoms with E-state index in [4.69, 9.17) is 0 Å². The van der Waals surface area contributed by atoms with Gasteiger partial charge in [0, 0.05) is 28.8 Å². The third-order valence-electron chi connectivity index (χ3n) is 8.20. The lowest BCUT2D eigenvalue weighted by atomic mass is 9.70. The maximum absolute atomic E-state index is 11.5. The van der Waals surface area contributed by atoms with Crippen molar-refractivity contribution in [1.29, 1.82) is 5.26 Å². The first-order valence-electron chi connectivity index (χ1n) is 13.7. The molecule has 3 aromatic carbocycles. The quantitative estimate of drug-likeness (QED) is 0.225. The zero-order valence-corrected chi connectivity index (χ0v) is 24.2. The molecule has 1 N–H and O–H groups in total. The Morgan fingerprint density at radius 3 is 2.42 bits per heavy atom. The van der Waals surface area contributed by atoms with Crippen LogP contribution in [0.15, 0.2) is 108 Å². The molecule has 1 heterocycles. The molecule has 40 heavy (non-hydrogen) atoms. The molecule has 204 valence electrons. The zero-order valence-electron chi connectivity index (χ0n) is 24.2. The number of benzene rings is 3. The molecule has 0 fully saturated rings. The maximum Gasteiger partial charge on any atom is 0.305 e. The van der Waals surface area contributed by atoms with Gasteiger partial charge in [-0.15, -0.1) is 0 Å². The lowest BCUT2D eigenvalue weighted by Crippen LogP contribution is -2.29. The molecule has 0 aromatic heterocycles. The highest BCUT2D eigenvalue weighted by Crippen LogP contribution is 2.48. The number of nitriles is 1. The average Bonchev–Trinajstić information content (AvgIpc) is 3.14. The van der Waals surface area contributed by atoms with E-state index in [0.717, 1.165) is 28.9 Å². The Bertz CT molecular complexity index is 1540. The Kier molecular flexibility index (Phi) is 8.16. The molecule has 1 unspecified atom stereocenters. The van der Waals surface area contributed by atoms with E-state index >= 15 is 0 Å². The molecule has 0 spiro atoms. The van der Waals surface area contributed by atoms with E-state index in [1.54, 1.807) is 0 Å². The fraction of sp³-hybridized carbons (Fsp3) is 0.278. The highest BCUT2D eigenvalue weighted by Gasteiger charge is 2.40. The van der Waals surface area contributed by atoms with Crippen molar-refractivity contribution >= 4 is 11.7 Å². The summed E-state index contributed by atoms with van der Waals surface area (Å²) in [5.74, 6) is -0.851. The van der Waals surface area contributed by atoms with Gasteiger partial charge in [0.2, 0.25) is 0 Å². The van der Waals surface area contributed by atoms with Crippen LogP contribution in [0.1, 0.15) is 55.0 Å². The van der Waals surface area contributed by atoms with Crippen LogP contribution in [0.25, 0.3) is 0 Å². The largest absolute Gasteiger partial charge is 0.481 e. The first-order valence-corrected chi connectivity index (χ1v) is 13.7. The molecule has 0 bridgehead atoms. The van der Waals surface area contributed by atoms with Crippen LogP contribution in [-0.4, -0.2) is 17.6 Å². The van der Waals surface area contributed by atoms with Crippen LogP contribution in [0.2, 0.25) is 0 Å². The summed E-state index contributed by atoms with van der Waals surface area (Å²) in [6.07, 6.45) is 4.57. The number of rotatable bonds is 9. The molecule has 0 saturated carbocycles. The smallest absolute Gasteiger partial charge is 0.305 e. The highest BCUT2D eigenvalue weighted by atomic mass is 16.4. The Labute approximate surface area is 238 Å². The molecule has 1 atom stereocenters. The van der Waals surface area contributed by atoms with Crippen molar-refractivity contribution in [2.24, 2.45) is 0 Å². The second kappa shape index (κ2) is 11.4. The number of allylic oxidation sites excluding steroid dienone is 5. The van der Waals surface area contributed by atoms with Gasteiger partial charge in [0.25, 0.3) is 0 Å². The summed E-state index contributed by atoms with van der Waals surface area (Å²) >= 11 is 0. The van der Waals surface area contributed by atoms with Gasteiger partial charge >= 0.3 is 5.97 Å². The minimum atomic E-state index is -0.851. The van der Waals surface area contributed by atoms with Crippen molar-refractivity contribution in [3.63, 3.8) is 0 Å². The molecule has 4 heteroatoms. The monoisotopic (exact) mass is 530 g/mol. The summed E-state index contributed by atoms with van der Waals surface area (Å²) in [4.78, 5) is 13.5. The van der Waals surface area contributed by atoms with Crippen LogP contribution < -0.4 is 4.90 Å². The summed E-state index contributed by atoms with van der Waals surface area (Å²) < 4.78 is 0. The van der Waals surface area contributed by atoms with Gasteiger partial charge in [-0.2, -0.15) is 5.26 Å². The van der Waals surface area contributed by atoms with E-state index in [1.165, 1.54) is 22.3 Å². The van der Waals surface area contributed by atoms with Crippen LogP contribution in [0.3, 0.4) is 0 Å². The van der Waals surface area contributed by atoms with Crippen molar-refractivity contribution in [2.45, 2.75) is 58.3 Å². The molecule has 0 aliphatic carbocycles. The standard InChI is InChI=1S/C36H38N2O2/c1-25-16-17-26(2)31(20-25)36(6,23-28-12-8-7-9-13-28)27(3)21-29(24-37)22-33-35(4,5)30-14-10-11-15-32(30)38(33)19-18-34(39)40/h7-17,20-22H,3,18-19,23H2,1-2,4-6H3,(H,39,40)/b29-21-,33-22-. The number of carboxylic acid groups (broad SMARTS) is 1. The molecule has 1 aliphatic rings. The number of carbonyl (C=O) groups is 1. The topological polar surface area (TPSA) is 64.3 Å². The Hall–Kier alpha value is -4.36. The van der Waals surface area contributed by atoms with Gasteiger partial charge in [-0.05, 0) is 66.3 Å². The number of carboxylic acids is 1. The van der Waals surface area contributed by atoms with Gasteiger partial charge in [-0.3, -0.25) is 4.79 Å². The van der Waals surface area contributed by atoms with E-state index in [0.29, 0.717) is 12.1 Å². The zero-order chi connectivity index (χ0) is 29.1. The van der Waals surface area contributed by atoms with Crippen molar-refractivity contribution in [2.75, 3.05) is 11.4 Å². The normalized spacial score (nSPS) is 16.8. The summed E-state index contributed by atoms with van der Waals surface area (Å²) in [5.41, 5.74) is 8.27. The van der Waals surface area contributed by atoms with E-state index in [9.17, 15) is 15.2 Å². The SMILES string of the molecule is C=C(/C=C(C#N)/C=C1\N(CCC(=O)O)c2ccccc2C1(C)C)C(C)(Cc1ccccc1)c1cc(C)ccc1C. The molecule has 0 radical (unpaired) electrons. The number of aliphatic carboxylic acids is 1. The Balaban J connectivity index is 1.81. The van der Waals surface area contributed by atoms with Gasteiger partial charge < -0.3 is 10.0 Å². The molecule has 1 aliphatic heterocycles. The van der Waals surface area contributed by atoms with E-state index in [1.807, 2.05) is 53.5 Å². The lowest BCUT2D eigenvalue weighted by Gasteiger charge is -2.34. The first-order chi connectivity index (χ1) is 19.0. The molecular formula is C36H38N2O2. The number of nitrogens with zero attached hydrogens (tertiary/aromatic N) is 2. The first kappa shape index (κ1) is 28.6. The van der Waals surface area contributed by atoms with Gasteiger partial charge in [0.1, 0.15) is 0 Å². The van der Waals surface area contributed by atoms with Crippen LogP contribution in [0.5, 0.6) is 0 Å². The number of hydrogen-bond acceptors (Lipinski definition) is 3. The van der Waals surface area contributed by atoms with E-state index in [-0.39, 0.29) is 6.42 Å². The second-order valence-electron chi connectivity index (χ2n) is 11.5. The Morgan fingerprint density at radius 1 is 1.07 bits per heavy atom. The number of aryl methyl sites for hydroxylation is 2. The van der Waals surface area contributed by atoms with E-state index < -0.39 is 16.8 Å². The number of hydrogen-bond donors (Lipinski definition) is 1. The second-order valence-corrected chi connectivity index (χ2v) is 11.5. The lowest BCUT2D eigenvalue weighted by molar-refractivity contribution is -0.136. The third-order valence-corrected chi connectivity index (χ3v) is 8.20. The van der Waals surface area contributed by atoms with Crippen LogP contribution >= 0.6 is 0 Å². The summed E-state index contributed by atoms with van der Waals surface area (Å²) in [7, 11) is 0. The van der Waals surface area contributed by atoms with Gasteiger partial charge in [0.05, 0.1) is 18.1 Å². The molecular weight excluding hydrogens is 492 g/mol. The third kappa shape index (κ3) is 5.65. The fourth-order valence-electron chi connectivity index (χ4n) is 5.87. The van der Waals surface area contributed by atoms with Crippen molar-refractivity contribution in [3.8, 4) is 6.07 Å². The molecule has 0 saturated heterocycles. The summed E-state index contributed by atoms with van der Waals surface area (Å²) in [6, 6.07) is 27.4. The van der Waals surface area contributed by atoms with Gasteiger partial charge in [-0.25, -0.2) is 0 Å². The fourth-order valence-corrected chi connectivity index (χ4v) is 5.87. The average molecular weight is 531 g/mol. The predicted octanol–water partition coefficient (Wildman–Crippen LogP) is 7.97.